The Morgan fingerprint density at radius 3 is 2.66 bits per heavy atom. The molecule has 0 aromatic heterocycles. The van der Waals surface area contributed by atoms with Crippen molar-refractivity contribution >= 4 is 39.3 Å². The number of nitrogens with one attached hydrogen (secondary N) is 2. The molecule has 29 heavy (non-hydrogen) atoms. The predicted molar refractivity (Wildman–Crippen MR) is 113 cm³/mol. The highest BCUT2D eigenvalue weighted by molar-refractivity contribution is 9.10. The minimum Gasteiger partial charge on any atom is -0.444 e. The van der Waals surface area contributed by atoms with E-state index in [2.05, 4.69) is 26.6 Å². The molecule has 1 aliphatic rings. The van der Waals surface area contributed by atoms with E-state index < -0.39 is 16.6 Å². The highest BCUT2D eigenvalue weighted by Gasteiger charge is 2.29. The quantitative estimate of drug-likeness (QED) is 0.374. The molecule has 0 saturated carbocycles. The molecule has 1 aromatic carbocycles. The average molecular weight is 471 g/mol. The molecule has 2 amide bonds. The predicted octanol–water partition coefficient (Wildman–Crippen LogP) is 3.21. The number of ether oxygens (including phenoxy) is 1. The summed E-state index contributed by atoms with van der Waals surface area (Å²) >= 11 is 3.26. The summed E-state index contributed by atoms with van der Waals surface area (Å²) in [5.74, 6) is -0.394. The maximum Gasteiger partial charge on any atom is 0.407 e. The van der Waals surface area contributed by atoms with Crippen molar-refractivity contribution in [2.24, 2.45) is 5.92 Å². The number of hydrogen-bond donors (Lipinski definition) is 2. The smallest absolute Gasteiger partial charge is 0.407 e. The summed E-state index contributed by atoms with van der Waals surface area (Å²) in [6.07, 6.45) is 0.950. The van der Waals surface area contributed by atoms with Gasteiger partial charge < -0.3 is 20.3 Å². The van der Waals surface area contributed by atoms with Crippen molar-refractivity contribution in [3.05, 3.63) is 32.8 Å². The molecule has 0 spiro atoms. The van der Waals surface area contributed by atoms with Gasteiger partial charge in [-0.15, -0.1) is 0 Å². The Kier molecular flexibility index (Phi) is 7.83. The molecule has 9 nitrogen and oxygen atoms in total. The fraction of sp³-hybridized carbons (Fsp3) is 0.579. The molecule has 2 N–H and O–H groups in total. The number of anilines is 1. The largest absolute Gasteiger partial charge is 0.444 e. The molecule has 0 bridgehead atoms. The van der Waals surface area contributed by atoms with Crippen LogP contribution >= 0.6 is 15.9 Å². The van der Waals surface area contributed by atoms with Crippen molar-refractivity contribution in [2.45, 2.75) is 39.2 Å². The number of rotatable bonds is 6. The first-order chi connectivity index (χ1) is 13.6. The normalized spacial score (nSPS) is 16.8. The fourth-order valence-electron chi connectivity index (χ4n) is 3.13. The lowest BCUT2D eigenvalue weighted by Crippen LogP contribution is -2.45. The fourth-order valence-corrected chi connectivity index (χ4v) is 3.48. The summed E-state index contributed by atoms with van der Waals surface area (Å²) in [6.45, 7) is 6.94. The van der Waals surface area contributed by atoms with E-state index in [1.165, 1.54) is 6.07 Å². The topological polar surface area (TPSA) is 114 Å². The first-order valence-electron chi connectivity index (χ1n) is 9.50. The first-order valence-corrected chi connectivity index (χ1v) is 10.3. The van der Waals surface area contributed by atoms with E-state index in [4.69, 9.17) is 4.74 Å². The van der Waals surface area contributed by atoms with Crippen LogP contribution in [0.5, 0.6) is 0 Å². The summed E-state index contributed by atoms with van der Waals surface area (Å²) < 4.78 is 5.77. The van der Waals surface area contributed by atoms with Gasteiger partial charge in [0.25, 0.3) is 5.69 Å². The highest BCUT2D eigenvalue weighted by atomic mass is 79.9. The van der Waals surface area contributed by atoms with E-state index in [1.807, 2.05) is 4.90 Å². The van der Waals surface area contributed by atoms with Crippen molar-refractivity contribution in [1.29, 1.82) is 0 Å². The molecule has 1 saturated heterocycles. The van der Waals surface area contributed by atoms with Gasteiger partial charge in [0.05, 0.1) is 10.8 Å². The Morgan fingerprint density at radius 2 is 2.00 bits per heavy atom. The summed E-state index contributed by atoms with van der Waals surface area (Å²) in [5, 5.41) is 16.8. The van der Waals surface area contributed by atoms with Gasteiger partial charge in [-0.1, -0.05) is 15.9 Å². The number of piperidine rings is 1. The second-order valence-corrected chi connectivity index (χ2v) is 8.81. The van der Waals surface area contributed by atoms with Crippen LogP contribution in [0.3, 0.4) is 0 Å². The number of carbonyl (C=O) groups is 2. The lowest BCUT2D eigenvalue weighted by molar-refractivity contribution is -0.384. The Labute approximate surface area is 178 Å². The van der Waals surface area contributed by atoms with Crippen LogP contribution in [0.2, 0.25) is 0 Å². The van der Waals surface area contributed by atoms with Gasteiger partial charge in [0, 0.05) is 36.7 Å². The minimum absolute atomic E-state index is 0.0157. The van der Waals surface area contributed by atoms with Gasteiger partial charge in [-0.3, -0.25) is 14.9 Å². The van der Waals surface area contributed by atoms with Crippen LogP contribution in [0, 0.1) is 16.0 Å². The second kappa shape index (κ2) is 9.91. The van der Waals surface area contributed by atoms with Crippen LogP contribution in [0.25, 0.3) is 0 Å². The molecule has 1 heterocycles. The summed E-state index contributed by atoms with van der Waals surface area (Å²) in [7, 11) is 0. The van der Waals surface area contributed by atoms with Crippen LogP contribution in [0.1, 0.15) is 33.6 Å². The van der Waals surface area contributed by atoms with Gasteiger partial charge in [0.15, 0.2) is 0 Å². The van der Waals surface area contributed by atoms with E-state index in [9.17, 15) is 19.7 Å². The van der Waals surface area contributed by atoms with Crippen molar-refractivity contribution in [1.82, 2.24) is 10.6 Å². The van der Waals surface area contributed by atoms with Crippen LogP contribution in [-0.2, 0) is 9.53 Å². The van der Waals surface area contributed by atoms with Crippen molar-refractivity contribution in [3.63, 3.8) is 0 Å². The number of hydrogen-bond acceptors (Lipinski definition) is 6. The van der Waals surface area contributed by atoms with Crippen molar-refractivity contribution < 1.29 is 19.2 Å². The lowest BCUT2D eigenvalue weighted by Gasteiger charge is -2.33. The molecule has 10 heteroatoms. The minimum atomic E-state index is -0.575. The van der Waals surface area contributed by atoms with Gasteiger partial charge in [-0.2, -0.15) is 0 Å². The maximum absolute atomic E-state index is 12.5. The monoisotopic (exact) mass is 470 g/mol. The SMILES string of the molecule is CC(C)(C)OC(=O)NCCNC(=O)C1CCCN(c2ccc(Br)cc2[N+](=O)[O-])C1. The van der Waals surface area contributed by atoms with Gasteiger partial charge in [0.2, 0.25) is 5.91 Å². The van der Waals surface area contributed by atoms with Crippen LogP contribution in [0.15, 0.2) is 22.7 Å². The zero-order chi connectivity index (χ0) is 21.6. The van der Waals surface area contributed by atoms with Gasteiger partial charge in [-0.05, 0) is 45.7 Å². The Morgan fingerprint density at radius 1 is 1.31 bits per heavy atom. The number of benzene rings is 1. The van der Waals surface area contributed by atoms with Crippen molar-refractivity contribution in [2.75, 3.05) is 31.1 Å². The first kappa shape index (κ1) is 22.9. The third kappa shape index (κ3) is 7.19. The lowest BCUT2D eigenvalue weighted by atomic mass is 9.96. The number of nitro groups is 1. The number of amides is 2. The Balaban J connectivity index is 1.87. The van der Waals surface area contributed by atoms with Crippen LogP contribution < -0.4 is 15.5 Å². The van der Waals surface area contributed by atoms with E-state index in [-0.39, 0.29) is 30.6 Å². The van der Waals surface area contributed by atoms with Crippen LogP contribution in [-0.4, -0.2) is 48.7 Å². The molecule has 1 aliphatic heterocycles. The third-order valence-electron chi connectivity index (χ3n) is 4.36. The molecule has 2 rings (SSSR count). The van der Waals surface area contributed by atoms with E-state index in [1.54, 1.807) is 32.9 Å². The molecule has 0 radical (unpaired) electrons. The Hall–Kier alpha value is -2.36. The van der Waals surface area contributed by atoms with E-state index in [0.29, 0.717) is 29.7 Å². The van der Waals surface area contributed by atoms with Crippen LogP contribution in [0.4, 0.5) is 16.2 Å². The average Bonchev–Trinajstić information content (AvgIpc) is 2.63. The molecule has 160 valence electrons. The molecule has 1 atom stereocenters. The number of alkyl carbamates (subject to hydrolysis) is 1. The zero-order valence-electron chi connectivity index (χ0n) is 16.9. The zero-order valence-corrected chi connectivity index (χ0v) is 18.5. The van der Waals surface area contributed by atoms with E-state index in [0.717, 1.165) is 6.42 Å². The summed E-state index contributed by atoms with van der Waals surface area (Å²) in [5.41, 5.74) is -0.0431. The number of halogens is 1. The molecule has 1 aromatic rings. The van der Waals surface area contributed by atoms with Gasteiger partial charge in [0.1, 0.15) is 11.3 Å². The van der Waals surface area contributed by atoms with Gasteiger partial charge in [-0.25, -0.2) is 4.79 Å². The molecule has 0 aliphatic carbocycles. The molecule has 1 unspecified atom stereocenters. The molecular formula is C19H27BrN4O5. The molecular weight excluding hydrogens is 444 g/mol. The third-order valence-corrected chi connectivity index (χ3v) is 4.85. The summed E-state index contributed by atoms with van der Waals surface area (Å²) in [4.78, 5) is 37.0. The standard InChI is InChI=1S/C19H27BrN4O5/c1-19(2,3)29-18(26)22-9-8-21-17(25)13-5-4-10-23(12-13)15-7-6-14(20)11-16(15)24(27)28/h6-7,11,13H,4-5,8-10,12H2,1-3H3,(H,21,25)(H,22,26). The highest BCUT2D eigenvalue weighted by Crippen LogP contribution is 2.33. The summed E-state index contributed by atoms with van der Waals surface area (Å²) in [6, 6.07) is 4.93. The number of carbonyl (C=O) groups excluding carboxylic acids is 2. The number of nitro benzene ring substituents is 1. The van der Waals surface area contributed by atoms with Crippen molar-refractivity contribution in [3.8, 4) is 0 Å². The maximum atomic E-state index is 12.5. The molecule has 1 fully saturated rings. The van der Waals surface area contributed by atoms with E-state index >= 15 is 0 Å². The number of nitrogens with zero attached hydrogens (tertiary/aromatic N) is 2. The Bertz CT molecular complexity index is 765. The second-order valence-electron chi connectivity index (χ2n) is 7.90. The van der Waals surface area contributed by atoms with Gasteiger partial charge >= 0.3 is 6.09 Å².